The molecule has 1 aromatic carbocycles. The smallest absolute Gasteiger partial charge is 0.325 e. The monoisotopic (exact) mass is 267 g/mol. The lowest BCUT2D eigenvalue weighted by Crippen LogP contribution is -2.45. The molecule has 18 heavy (non-hydrogen) atoms. The van der Waals surface area contributed by atoms with Crippen LogP contribution in [0.1, 0.15) is 25.3 Å². The maximum atomic E-state index is 11.4. The number of methoxy groups -OCH3 is 1. The van der Waals surface area contributed by atoms with Gasteiger partial charge in [-0.3, -0.25) is 4.79 Å². The van der Waals surface area contributed by atoms with Crippen LogP contribution in [0.25, 0.3) is 0 Å². The summed E-state index contributed by atoms with van der Waals surface area (Å²) < 4.78 is 4.67. The van der Waals surface area contributed by atoms with Gasteiger partial charge < -0.3 is 10.5 Å². The lowest BCUT2D eigenvalue weighted by atomic mass is 9.98. The summed E-state index contributed by atoms with van der Waals surface area (Å²) in [6, 6.07) is 10.3. The highest BCUT2D eigenvalue weighted by molar-refractivity contribution is 7.98. The first-order valence-electron chi connectivity index (χ1n) is 6.05. The highest BCUT2D eigenvalue weighted by atomic mass is 32.2. The minimum Gasteiger partial charge on any atom is -0.468 e. The van der Waals surface area contributed by atoms with E-state index in [0.29, 0.717) is 6.42 Å². The molecule has 3 nitrogen and oxygen atoms in total. The summed E-state index contributed by atoms with van der Waals surface area (Å²) in [6.45, 7) is 1.72. The first kappa shape index (κ1) is 15.1. The van der Waals surface area contributed by atoms with Gasteiger partial charge in [0.25, 0.3) is 0 Å². The highest BCUT2D eigenvalue weighted by Gasteiger charge is 2.28. The van der Waals surface area contributed by atoms with Crippen molar-refractivity contribution in [2.75, 3.05) is 12.9 Å². The van der Waals surface area contributed by atoms with E-state index in [1.807, 2.05) is 30.0 Å². The molecule has 1 unspecified atom stereocenters. The summed E-state index contributed by atoms with van der Waals surface area (Å²) in [5, 5.41) is 0. The van der Waals surface area contributed by atoms with Gasteiger partial charge in [0.15, 0.2) is 0 Å². The van der Waals surface area contributed by atoms with E-state index in [1.165, 1.54) is 12.7 Å². The predicted molar refractivity (Wildman–Crippen MR) is 76.4 cm³/mol. The Bertz CT molecular complexity index is 365. The van der Waals surface area contributed by atoms with Crippen LogP contribution in [0.3, 0.4) is 0 Å². The minimum absolute atomic E-state index is 0.337. The van der Waals surface area contributed by atoms with Gasteiger partial charge in [0.2, 0.25) is 0 Å². The number of benzene rings is 1. The molecule has 0 saturated carbocycles. The molecule has 100 valence electrons. The molecule has 0 radical (unpaired) electrons. The SMILES string of the molecule is COC(=O)C(C)(N)CCCSCc1ccccc1. The van der Waals surface area contributed by atoms with E-state index in [9.17, 15) is 4.79 Å². The fourth-order valence-electron chi connectivity index (χ4n) is 1.64. The van der Waals surface area contributed by atoms with Gasteiger partial charge in [-0.1, -0.05) is 30.3 Å². The van der Waals surface area contributed by atoms with Gasteiger partial charge in [0.1, 0.15) is 5.54 Å². The van der Waals surface area contributed by atoms with Crippen LogP contribution < -0.4 is 5.73 Å². The molecule has 0 aliphatic rings. The van der Waals surface area contributed by atoms with Gasteiger partial charge in [-0.2, -0.15) is 11.8 Å². The Morgan fingerprint density at radius 3 is 2.67 bits per heavy atom. The second-order valence-corrected chi connectivity index (χ2v) is 5.66. The van der Waals surface area contributed by atoms with Gasteiger partial charge >= 0.3 is 5.97 Å². The molecule has 0 fully saturated rings. The molecule has 1 aromatic rings. The molecule has 0 saturated heterocycles. The lowest BCUT2D eigenvalue weighted by Gasteiger charge is -2.20. The van der Waals surface area contributed by atoms with Crippen LogP contribution >= 0.6 is 11.8 Å². The summed E-state index contributed by atoms with van der Waals surface area (Å²) in [5.74, 6) is 1.66. The number of nitrogens with two attached hydrogens (primary N) is 1. The molecule has 2 N–H and O–H groups in total. The first-order chi connectivity index (χ1) is 8.56. The number of hydrogen-bond donors (Lipinski definition) is 1. The molecule has 0 amide bonds. The van der Waals surface area contributed by atoms with Crippen molar-refractivity contribution in [2.24, 2.45) is 5.73 Å². The van der Waals surface area contributed by atoms with Crippen molar-refractivity contribution in [3.63, 3.8) is 0 Å². The quantitative estimate of drug-likeness (QED) is 0.609. The van der Waals surface area contributed by atoms with Crippen LogP contribution in [0, 0.1) is 0 Å². The number of ether oxygens (including phenoxy) is 1. The number of esters is 1. The van der Waals surface area contributed by atoms with Crippen molar-refractivity contribution in [3.05, 3.63) is 35.9 Å². The normalized spacial score (nSPS) is 13.9. The third-order valence-corrected chi connectivity index (χ3v) is 3.86. The zero-order valence-electron chi connectivity index (χ0n) is 11.0. The number of hydrogen-bond acceptors (Lipinski definition) is 4. The average molecular weight is 267 g/mol. The van der Waals surface area contributed by atoms with Crippen molar-refractivity contribution < 1.29 is 9.53 Å². The third-order valence-electron chi connectivity index (χ3n) is 2.75. The Labute approximate surface area is 113 Å². The molecule has 0 aromatic heterocycles. The molecule has 0 aliphatic heterocycles. The molecular weight excluding hydrogens is 246 g/mol. The number of carbonyl (C=O) groups excluding carboxylic acids is 1. The van der Waals surface area contributed by atoms with E-state index < -0.39 is 5.54 Å². The van der Waals surface area contributed by atoms with Crippen LogP contribution in [0.5, 0.6) is 0 Å². The average Bonchev–Trinajstić information content (AvgIpc) is 2.38. The fraction of sp³-hybridized carbons (Fsp3) is 0.500. The molecule has 1 rings (SSSR count). The minimum atomic E-state index is -0.859. The topological polar surface area (TPSA) is 52.3 Å². The number of rotatable bonds is 7. The number of carbonyl (C=O) groups is 1. The van der Waals surface area contributed by atoms with Gasteiger partial charge in [0, 0.05) is 5.75 Å². The van der Waals surface area contributed by atoms with E-state index in [1.54, 1.807) is 6.92 Å². The summed E-state index contributed by atoms with van der Waals surface area (Å²) in [7, 11) is 1.37. The zero-order valence-corrected chi connectivity index (χ0v) is 11.8. The van der Waals surface area contributed by atoms with E-state index in [2.05, 4.69) is 16.9 Å². The van der Waals surface area contributed by atoms with E-state index in [0.717, 1.165) is 17.9 Å². The van der Waals surface area contributed by atoms with E-state index in [-0.39, 0.29) is 5.97 Å². The number of thioether (sulfide) groups is 1. The van der Waals surface area contributed by atoms with Crippen molar-refractivity contribution in [1.82, 2.24) is 0 Å². The zero-order chi connectivity index (χ0) is 13.4. The maximum absolute atomic E-state index is 11.4. The van der Waals surface area contributed by atoms with Gasteiger partial charge in [0.05, 0.1) is 7.11 Å². The third kappa shape index (κ3) is 5.10. The Hall–Kier alpha value is -1.00. The highest BCUT2D eigenvalue weighted by Crippen LogP contribution is 2.17. The Morgan fingerprint density at radius 2 is 2.06 bits per heavy atom. The predicted octanol–water partition coefficient (Wildman–Crippen LogP) is 2.59. The van der Waals surface area contributed by atoms with Gasteiger partial charge in [-0.05, 0) is 31.1 Å². The first-order valence-corrected chi connectivity index (χ1v) is 7.21. The Balaban J connectivity index is 2.17. The fourth-order valence-corrected chi connectivity index (χ4v) is 2.56. The van der Waals surface area contributed by atoms with E-state index >= 15 is 0 Å². The second-order valence-electron chi connectivity index (χ2n) is 4.55. The molecular formula is C14H21NO2S. The molecule has 0 aliphatic carbocycles. The van der Waals surface area contributed by atoms with Crippen LogP contribution in [-0.2, 0) is 15.3 Å². The summed E-state index contributed by atoms with van der Waals surface area (Å²) >= 11 is 1.86. The Kier molecular flexibility index (Phi) is 6.22. The van der Waals surface area contributed by atoms with Crippen LogP contribution in [0.15, 0.2) is 30.3 Å². The maximum Gasteiger partial charge on any atom is 0.325 e. The van der Waals surface area contributed by atoms with E-state index in [4.69, 9.17) is 5.73 Å². The van der Waals surface area contributed by atoms with Crippen molar-refractivity contribution in [1.29, 1.82) is 0 Å². The van der Waals surface area contributed by atoms with Crippen molar-refractivity contribution >= 4 is 17.7 Å². The Morgan fingerprint density at radius 1 is 1.39 bits per heavy atom. The molecule has 0 heterocycles. The molecule has 0 spiro atoms. The molecule has 0 bridgehead atoms. The van der Waals surface area contributed by atoms with Crippen molar-refractivity contribution in [3.8, 4) is 0 Å². The summed E-state index contributed by atoms with van der Waals surface area (Å²) in [5.41, 5.74) is 6.35. The summed E-state index contributed by atoms with van der Waals surface area (Å²) in [4.78, 5) is 11.4. The lowest BCUT2D eigenvalue weighted by molar-refractivity contribution is -0.146. The van der Waals surface area contributed by atoms with Crippen molar-refractivity contribution in [2.45, 2.75) is 31.1 Å². The summed E-state index contributed by atoms with van der Waals surface area (Å²) in [6.07, 6.45) is 1.57. The standard InChI is InChI=1S/C14H21NO2S/c1-14(15,13(16)17-2)9-6-10-18-11-12-7-4-3-5-8-12/h3-5,7-8H,6,9-11,15H2,1-2H3. The van der Waals surface area contributed by atoms with Crippen LogP contribution in [0.2, 0.25) is 0 Å². The van der Waals surface area contributed by atoms with Crippen LogP contribution in [0.4, 0.5) is 0 Å². The molecule has 1 atom stereocenters. The van der Waals surface area contributed by atoms with Gasteiger partial charge in [-0.25, -0.2) is 0 Å². The second kappa shape index (κ2) is 7.44. The largest absolute Gasteiger partial charge is 0.468 e. The van der Waals surface area contributed by atoms with Crippen LogP contribution in [-0.4, -0.2) is 24.4 Å². The molecule has 4 heteroatoms. The van der Waals surface area contributed by atoms with Gasteiger partial charge in [-0.15, -0.1) is 0 Å².